The third-order valence-corrected chi connectivity index (χ3v) is 3.46. The average molecular weight is 341 g/mol. The first-order chi connectivity index (χ1) is 10.9. The third kappa shape index (κ3) is 7.66. The van der Waals surface area contributed by atoms with E-state index in [0.717, 1.165) is 0 Å². The number of hydrogen-bond donors (Lipinski definition) is 2. The van der Waals surface area contributed by atoms with Crippen molar-refractivity contribution in [3.8, 4) is 0 Å². The van der Waals surface area contributed by atoms with Crippen molar-refractivity contribution < 1.29 is 19.1 Å². The zero-order valence-electron chi connectivity index (χ0n) is 15.7. The van der Waals surface area contributed by atoms with Crippen molar-refractivity contribution in [2.75, 3.05) is 19.6 Å². The highest BCUT2D eigenvalue weighted by atomic mass is 16.6. The molecule has 1 heterocycles. The Hall–Kier alpha value is -1.79. The molecule has 1 aliphatic rings. The highest BCUT2D eigenvalue weighted by Gasteiger charge is 2.30. The third-order valence-electron chi connectivity index (χ3n) is 3.46. The molecular weight excluding hydrogens is 310 g/mol. The second-order valence-corrected chi connectivity index (χ2v) is 8.26. The van der Waals surface area contributed by atoms with Crippen LogP contribution in [0.5, 0.6) is 0 Å². The van der Waals surface area contributed by atoms with Crippen molar-refractivity contribution >= 4 is 17.9 Å². The number of nitrogens with one attached hydrogen (secondary N) is 2. The van der Waals surface area contributed by atoms with Crippen LogP contribution in [0.1, 0.15) is 54.4 Å². The molecule has 138 valence electrons. The van der Waals surface area contributed by atoms with Crippen molar-refractivity contribution in [2.24, 2.45) is 5.92 Å². The minimum atomic E-state index is -0.522. The van der Waals surface area contributed by atoms with Gasteiger partial charge in [-0.2, -0.15) is 0 Å². The van der Waals surface area contributed by atoms with E-state index >= 15 is 0 Å². The van der Waals surface area contributed by atoms with Crippen LogP contribution >= 0.6 is 0 Å². The van der Waals surface area contributed by atoms with E-state index in [-0.39, 0.29) is 35.9 Å². The van der Waals surface area contributed by atoms with Crippen molar-refractivity contribution in [3.05, 3.63) is 0 Å². The average Bonchev–Trinajstić information content (AvgIpc) is 2.41. The number of likely N-dealkylation sites (tertiary alicyclic amines) is 1. The van der Waals surface area contributed by atoms with Gasteiger partial charge >= 0.3 is 6.09 Å². The maximum Gasteiger partial charge on any atom is 0.410 e. The zero-order chi connectivity index (χ0) is 18.5. The first-order valence-electron chi connectivity index (χ1n) is 8.44. The number of carbonyl (C=O) groups is 3. The van der Waals surface area contributed by atoms with Crippen LogP contribution in [-0.2, 0) is 14.3 Å². The summed E-state index contributed by atoms with van der Waals surface area (Å²) in [6, 6.07) is 0. The van der Waals surface area contributed by atoms with Crippen LogP contribution < -0.4 is 10.6 Å². The normalized spacial score (nSPS) is 16.5. The number of carbonyl (C=O) groups excluding carboxylic acids is 3. The number of amides is 3. The van der Waals surface area contributed by atoms with Crippen LogP contribution in [0.4, 0.5) is 4.79 Å². The Bertz CT molecular complexity index is 469. The van der Waals surface area contributed by atoms with Gasteiger partial charge in [0.1, 0.15) is 5.60 Å². The molecule has 1 aliphatic heterocycles. The van der Waals surface area contributed by atoms with Crippen molar-refractivity contribution in [1.29, 1.82) is 0 Å². The maximum atomic E-state index is 12.1. The maximum absolute atomic E-state index is 12.1. The quantitative estimate of drug-likeness (QED) is 0.817. The van der Waals surface area contributed by atoms with E-state index in [0.29, 0.717) is 25.9 Å². The van der Waals surface area contributed by atoms with Gasteiger partial charge in [-0.25, -0.2) is 4.79 Å². The number of hydrogen-bond acceptors (Lipinski definition) is 4. The van der Waals surface area contributed by atoms with Crippen LogP contribution in [0, 0.1) is 5.92 Å². The SMILES string of the molecule is CC(C)(C)NC(=O)CNC(=O)C1CCN(C(=O)OC(C)(C)C)CC1. The van der Waals surface area contributed by atoms with Crippen LogP contribution in [-0.4, -0.2) is 53.6 Å². The van der Waals surface area contributed by atoms with Crippen LogP contribution in [0.3, 0.4) is 0 Å². The van der Waals surface area contributed by atoms with E-state index in [1.807, 2.05) is 41.5 Å². The molecule has 0 bridgehead atoms. The van der Waals surface area contributed by atoms with Gasteiger partial charge in [0.05, 0.1) is 6.54 Å². The second kappa shape index (κ2) is 7.85. The first kappa shape index (κ1) is 20.3. The van der Waals surface area contributed by atoms with Gasteiger partial charge in [-0.05, 0) is 54.4 Å². The largest absolute Gasteiger partial charge is 0.444 e. The van der Waals surface area contributed by atoms with Gasteiger partial charge in [-0.15, -0.1) is 0 Å². The molecule has 0 aliphatic carbocycles. The lowest BCUT2D eigenvalue weighted by Gasteiger charge is -2.33. The lowest BCUT2D eigenvalue weighted by Crippen LogP contribution is -2.48. The molecule has 0 aromatic carbocycles. The fourth-order valence-electron chi connectivity index (χ4n) is 2.42. The minimum absolute atomic E-state index is 0.0254. The van der Waals surface area contributed by atoms with Gasteiger partial charge in [0.25, 0.3) is 0 Å². The molecule has 1 saturated heterocycles. The molecule has 0 radical (unpaired) electrons. The number of nitrogens with zero attached hydrogens (tertiary/aromatic N) is 1. The van der Waals surface area contributed by atoms with Gasteiger partial charge in [0.15, 0.2) is 0 Å². The van der Waals surface area contributed by atoms with Crippen LogP contribution in [0.15, 0.2) is 0 Å². The molecule has 24 heavy (non-hydrogen) atoms. The lowest BCUT2D eigenvalue weighted by molar-refractivity contribution is -0.130. The smallest absolute Gasteiger partial charge is 0.410 e. The highest BCUT2D eigenvalue weighted by molar-refractivity contribution is 5.86. The van der Waals surface area contributed by atoms with E-state index in [1.165, 1.54) is 0 Å². The van der Waals surface area contributed by atoms with Crippen molar-refractivity contribution in [3.63, 3.8) is 0 Å². The van der Waals surface area contributed by atoms with E-state index in [9.17, 15) is 14.4 Å². The Labute approximate surface area is 144 Å². The van der Waals surface area contributed by atoms with Crippen LogP contribution in [0.2, 0.25) is 0 Å². The lowest BCUT2D eigenvalue weighted by atomic mass is 9.96. The Morgan fingerprint density at radius 2 is 1.58 bits per heavy atom. The van der Waals surface area contributed by atoms with Crippen LogP contribution in [0.25, 0.3) is 0 Å². The number of rotatable bonds is 3. The summed E-state index contributed by atoms with van der Waals surface area (Å²) in [5.74, 6) is -0.518. The van der Waals surface area contributed by atoms with E-state index < -0.39 is 5.60 Å². The standard InChI is InChI=1S/C17H31N3O4/c1-16(2,3)19-13(21)11-18-14(22)12-7-9-20(10-8-12)15(23)24-17(4,5)6/h12H,7-11H2,1-6H3,(H,18,22)(H,19,21). The van der Waals surface area contributed by atoms with E-state index in [1.54, 1.807) is 4.90 Å². The summed E-state index contributed by atoms with van der Waals surface area (Å²) in [4.78, 5) is 37.5. The number of piperidine rings is 1. The summed E-state index contributed by atoms with van der Waals surface area (Å²) >= 11 is 0. The summed E-state index contributed by atoms with van der Waals surface area (Å²) in [7, 11) is 0. The van der Waals surface area contributed by atoms with Gasteiger partial charge in [-0.1, -0.05) is 0 Å². The van der Waals surface area contributed by atoms with Gasteiger partial charge in [0.2, 0.25) is 11.8 Å². The molecule has 0 spiro atoms. The fraction of sp³-hybridized carbons (Fsp3) is 0.824. The Morgan fingerprint density at radius 1 is 1.04 bits per heavy atom. The summed E-state index contributed by atoms with van der Waals surface area (Å²) in [5, 5.41) is 5.47. The molecule has 7 nitrogen and oxygen atoms in total. The van der Waals surface area contributed by atoms with Crippen molar-refractivity contribution in [1.82, 2.24) is 15.5 Å². The fourth-order valence-corrected chi connectivity index (χ4v) is 2.42. The predicted molar refractivity (Wildman–Crippen MR) is 91.4 cm³/mol. The molecule has 1 fully saturated rings. The molecule has 1 rings (SSSR count). The van der Waals surface area contributed by atoms with Gasteiger partial charge < -0.3 is 20.3 Å². The Balaban J connectivity index is 2.35. The molecule has 0 aromatic rings. The molecule has 0 saturated carbocycles. The monoisotopic (exact) mass is 341 g/mol. The van der Waals surface area contributed by atoms with E-state index in [4.69, 9.17) is 4.74 Å². The zero-order valence-corrected chi connectivity index (χ0v) is 15.7. The Morgan fingerprint density at radius 3 is 2.04 bits per heavy atom. The molecular formula is C17H31N3O4. The minimum Gasteiger partial charge on any atom is -0.444 e. The summed E-state index contributed by atoms with van der Waals surface area (Å²) < 4.78 is 5.33. The Kier molecular flexibility index (Phi) is 6.63. The van der Waals surface area contributed by atoms with Crippen molar-refractivity contribution in [2.45, 2.75) is 65.5 Å². The molecule has 2 N–H and O–H groups in total. The molecule has 3 amide bonds. The molecule has 0 atom stereocenters. The number of ether oxygens (including phenoxy) is 1. The summed E-state index contributed by atoms with van der Waals surface area (Å²) in [5.41, 5.74) is -0.841. The van der Waals surface area contributed by atoms with Gasteiger partial charge in [-0.3, -0.25) is 9.59 Å². The summed E-state index contributed by atoms with van der Waals surface area (Å²) in [6.45, 7) is 12.1. The summed E-state index contributed by atoms with van der Waals surface area (Å²) in [6.07, 6.45) is 0.809. The highest BCUT2D eigenvalue weighted by Crippen LogP contribution is 2.19. The molecule has 0 aromatic heterocycles. The van der Waals surface area contributed by atoms with E-state index in [2.05, 4.69) is 10.6 Å². The van der Waals surface area contributed by atoms with Gasteiger partial charge in [0, 0.05) is 24.5 Å². The molecule has 0 unspecified atom stereocenters. The first-order valence-corrected chi connectivity index (χ1v) is 8.44. The topological polar surface area (TPSA) is 87.7 Å². The molecule has 7 heteroatoms. The second-order valence-electron chi connectivity index (χ2n) is 8.26. The predicted octanol–water partition coefficient (Wildman–Crippen LogP) is 1.66.